The lowest BCUT2D eigenvalue weighted by atomic mass is 10.1. The van der Waals surface area contributed by atoms with Gasteiger partial charge >= 0.3 is 0 Å². The number of rotatable bonds is 2. The third kappa shape index (κ3) is 1.67. The lowest BCUT2D eigenvalue weighted by Gasteiger charge is -2.16. The Bertz CT molecular complexity index is 447. The number of hydrogen-bond donors (Lipinski definition) is 2. The number of anilines is 2. The molecule has 2 heterocycles. The molecular weight excluding hydrogens is 210 g/mol. The Labute approximate surface area is 91.5 Å². The van der Waals surface area contributed by atoms with Crippen molar-refractivity contribution in [3.05, 3.63) is 12.5 Å². The van der Waals surface area contributed by atoms with Crippen LogP contribution in [0.5, 0.6) is 0 Å². The van der Waals surface area contributed by atoms with Crippen molar-refractivity contribution < 1.29 is 9.59 Å². The molecule has 84 valence electrons. The molecule has 0 aromatic carbocycles. The van der Waals surface area contributed by atoms with Gasteiger partial charge in [-0.25, -0.2) is 9.97 Å². The van der Waals surface area contributed by atoms with Gasteiger partial charge in [0.2, 0.25) is 11.8 Å². The molecule has 0 saturated carbocycles. The Morgan fingerprint density at radius 1 is 1.56 bits per heavy atom. The van der Waals surface area contributed by atoms with Gasteiger partial charge in [-0.3, -0.25) is 9.59 Å². The summed E-state index contributed by atoms with van der Waals surface area (Å²) in [7, 11) is 0. The standard InChI is InChI=1S/C9H11N5O2/c10-8-6(2-12-4-13-8)14-3-5(9(11)16)1-7(14)15/h2,4-5H,1,3H2,(H2,11,16)(H2,10,12,13). The van der Waals surface area contributed by atoms with Crippen LogP contribution in [0.25, 0.3) is 0 Å². The number of carbonyl (C=O) groups is 2. The molecule has 7 nitrogen and oxygen atoms in total. The molecule has 1 aromatic rings. The van der Waals surface area contributed by atoms with Gasteiger partial charge < -0.3 is 16.4 Å². The maximum Gasteiger partial charge on any atom is 0.228 e. The first-order chi connectivity index (χ1) is 7.59. The number of carbonyl (C=O) groups excluding carboxylic acids is 2. The molecule has 1 atom stereocenters. The van der Waals surface area contributed by atoms with Crippen molar-refractivity contribution in [3.63, 3.8) is 0 Å². The molecule has 1 aliphatic rings. The summed E-state index contributed by atoms with van der Waals surface area (Å²) in [5.74, 6) is -0.919. The van der Waals surface area contributed by atoms with Crippen molar-refractivity contribution in [3.8, 4) is 0 Å². The highest BCUT2D eigenvalue weighted by molar-refractivity contribution is 6.01. The first-order valence-electron chi connectivity index (χ1n) is 4.74. The topological polar surface area (TPSA) is 115 Å². The molecule has 0 bridgehead atoms. The summed E-state index contributed by atoms with van der Waals surface area (Å²) in [6, 6.07) is 0. The molecule has 2 amide bonds. The van der Waals surface area contributed by atoms with E-state index in [9.17, 15) is 9.59 Å². The summed E-state index contributed by atoms with van der Waals surface area (Å²) >= 11 is 0. The first kappa shape index (κ1) is 10.3. The predicted octanol–water partition coefficient (Wildman–Crippen LogP) is -1.10. The maximum absolute atomic E-state index is 11.6. The van der Waals surface area contributed by atoms with Gasteiger partial charge in [-0.15, -0.1) is 0 Å². The predicted molar refractivity (Wildman–Crippen MR) is 56.1 cm³/mol. The molecule has 4 N–H and O–H groups in total. The Hall–Kier alpha value is -2.18. The van der Waals surface area contributed by atoms with E-state index in [0.29, 0.717) is 5.69 Å². The number of hydrogen-bond acceptors (Lipinski definition) is 5. The van der Waals surface area contributed by atoms with Crippen LogP contribution in [0.4, 0.5) is 11.5 Å². The van der Waals surface area contributed by atoms with Crippen molar-refractivity contribution in [1.29, 1.82) is 0 Å². The smallest absolute Gasteiger partial charge is 0.228 e. The fourth-order valence-corrected chi connectivity index (χ4v) is 1.67. The van der Waals surface area contributed by atoms with Crippen molar-refractivity contribution in [1.82, 2.24) is 9.97 Å². The molecule has 2 rings (SSSR count). The van der Waals surface area contributed by atoms with Gasteiger partial charge in [0.25, 0.3) is 0 Å². The van der Waals surface area contributed by atoms with E-state index in [4.69, 9.17) is 11.5 Å². The summed E-state index contributed by atoms with van der Waals surface area (Å²) in [5, 5.41) is 0. The summed E-state index contributed by atoms with van der Waals surface area (Å²) in [6.07, 6.45) is 2.86. The average Bonchev–Trinajstić information content (AvgIpc) is 2.61. The Morgan fingerprint density at radius 3 is 2.88 bits per heavy atom. The lowest BCUT2D eigenvalue weighted by molar-refractivity contribution is -0.123. The van der Waals surface area contributed by atoms with Crippen LogP contribution in [0.3, 0.4) is 0 Å². The third-order valence-electron chi connectivity index (χ3n) is 2.54. The van der Waals surface area contributed by atoms with E-state index in [-0.39, 0.29) is 24.7 Å². The van der Waals surface area contributed by atoms with Crippen LogP contribution in [0.15, 0.2) is 12.5 Å². The van der Waals surface area contributed by atoms with Crippen LogP contribution < -0.4 is 16.4 Å². The largest absolute Gasteiger partial charge is 0.382 e. The first-order valence-corrected chi connectivity index (χ1v) is 4.74. The highest BCUT2D eigenvalue weighted by atomic mass is 16.2. The van der Waals surface area contributed by atoms with E-state index >= 15 is 0 Å². The quantitative estimate of drug-likeness (QED) is 0.657. The van der Waals surface area contributed by atoms with Crippen LogP contribution >= 0.6 is 0 Å². The second-order valence-electron chi connectivity index (χ2n) is 3.60. The van der Waals surface area contributed by atoms with Crippen LogP contribution in [0, 0.1) is 5.92 Å². The van der Waals surface area contributed by atoms with Gasteiger partial charge in [-0.05, 0) is 0 Å². The molecule has 0 aliphatic carbocycles. The molecule has 1 aliphatic heterocycles. The van der Waals surface area contributed by atoms with E-state index in [1.54, 1.807) is 0 Å². The summed E-state index contributed by atoms with van der Waals surface area (Å²) < 4.78 is 0. The number of nitrogens with two attached hydrogens (primary N) is 2. The Morgan fingerprint density at radius 2 is 2.31 bits per heavy atom. The van der Waals surface area contributed by atoms with Gasteiger partial charge in [0.1, 0.15) is 12.0 Å². The summed E-state index contributed by atoms with van der Waals surface area (Å²) in [4.78, 5) is 31.6. The molecule has 0 spiro atoms. The van der Waals surface area contributed by atoms with Gasteiger partial charge in [0, 0.05) is 13.0 Å². The van der Waals surface area contributed by atoms with Crippen molar-refractivity contribution in [2.24, 2.45) is 11.7 Å². The van der Waals surface area contributed by atoms with E-state index in [1.165, 1.54) is 17.4 Å². The fourth-order valence-electron chi connectivity index (χ4n) is 1.67. The van der Waals surface area contributed by atoms with Crippen molar-refractivity contribution in [2.45, 2.75) is 6.42 Å². The molecule has 0 radical (unpaired) electrons. The Kier molecular flexibility index (Phi) is 2.43. The second-order valence-corrected chi connectivity index (χ2v) is 3.60. The molecular formula is C9H11N5O2. The normalized spacial score (nSPS) is 20.1. The van der Waals surface area contributed by atoms with E-state index in [2.05, 4.69) is 9.97 Å². The number of nitrogens with zero attached hydrogens (tertiary/aromatic N) is 3. The van der Waals surface area contributed by atoms with Gasteiger partial charge in [0.15, 0.2) is 5.82 Å². The molecule has 16 heavy (non-hydrogen) atoms. The molecule has 1 fully saturated rings. The monoisotopic (exact) mass is 221 g/mol. The zero-order valence-electron chi connectivity index (χ0n) is 8.46. The number of nitrogen functional groups attached to an aromatic ring is 1. The van der Waals surface area contributed by atoms with Crippen LogP contribution in [-0.2, 0) is 9.59 Å². The Balaban J connectivity index is 2.27. The minimum absolute atomic E-state index is 0.115. The minimum Gasteiger partial charge on any atom is -0.382 e. The number of aromatic nitrogens is 2. The van der Waals surface area contributed by atoms with Crippen LogP contribution in [0.1, 0.15) is 6.42 Å². The van der Waals surface area contributed by atoms with E-state index in [0.717, 1.165) is 0 Å². The van der Waals surface area contributed by atoms with Crippen LogP contribution in [0.2, 0.25) is 0 Å². The van der Waals surface area contributed by atoms with Gasteiger partial charge in [-0.1, -0.05) is 0 Å². The van der Waals surface area contributed by atoms with Crippen LogP contribution in [-0.4, -0.2) is 28.3 Å². The highest BCUT2D eigenvalue weighted by Crippen LogP contribution is 2.27. The second kappa shape index (κ2) is 3.76. The molecule has 1 saturated heterocycles. The zero-order valence-corrected chi connectivity index (χ0v) is 8.46. The van der Waals surface area contributed by atoms with Crippen molar-refractivity contribution in [2.75, 3.05) is 17.2 Å². The summed E-state index contributed by atoms with van der Waals surface area (Å²) in [6.45, 7) is 0.242. The lowest BCUT2D eigenvalue weighted by Crippen LogP contribution is -2.29. The van der Waals surface area contributed by atoms with Gasteiger partial charge in [0.05, 0.1) is 12.1 Å². The fraction of sp³-hybridized carbons (Fsp3) is 0.333. The zero-order chi connectivity index (χ0) is 11.7. The highest BCUT2D eigenvalue weighted by Gasteiger charge is 2.34. The molecule has 1 unspecified atom stereocenters. The van der Waals surface area contributed by atoms with Gasteiger partial charge in [-0.2, -0.15) is 0 Å². The van der Waals surface area contributed by atoms with Crippen molar-refractivity contribution >= 4 is 23.3 Å². The average molecular weight is 221 g/mol. The summed E-state index contributed by atoms with van der Waals surface area (Å²) in [5.41, 5.74) is 11.2. The van der Waals surface area contributed by atoms with E-state index in [1.807, 2.05) is 0 Å². The number of amides is 2. The molecule has 1 aromatic heterocycles. The number of primary amides is 1. The van der Waals surface area contributed by atoms with E-state index < -0.39 is 11.8 Å². The maximum atomic E-state index is 11.6. The minimum atomic E-state index is -0.480. The molecule has 7 heteroatoms. The SMILES string of the molecule is NC(=O)C1CC(=O)N(c2cncnc2N)C1. The third-order valence-corrected chi connectivity index (χ3v) is 2.54.